The van der Waals surface area contributed by atoms with E-state index in [-0.39, 0.29) is 17.4 Å². The molecule has 2 aromatic rings. The van der Waals surface area contributed by atoms with Crippen LogP contribution in [0.15, 0.2) is 15.9 Å². The van der Waals surface area contributed by atoms with Crippen molar-refractivity contribution < 1.29 is 12.9 Å². The van der Waals surface area contributed by atoms with Gasteiger partial charge >= 0.3 is 0 Å². The summed E-state index contributed by atoms with van der Waals surface area (Å²) in [7, 11) is -3.74. The maximum Gasteiger partial charge on any atom is 0.260 e. The summed E-state index contributed by atoms with van der Waals surface area (Å²) < 4.78 is 31.5. The predicted octanol–water partition coefficient (Wildman–Crippen LogP) is 0.0792. The summed E-state index contributed by atoms with van der Waals surface area (Å²) in [4.78, 5) is 3.76. The first kappa shape index (κ1) is 15.6. The Balaban J connectivity index is 2.11. The molecule has 0 saturated carbocycles. The Labute approximate surface area is 122 Å². The van der Waals surface area contributed by atoms with E-state index < -0.39 is 10.0 Å². The molecular weight excluding hydrogens is 296 g/mol. The average Bonchev–Trinajstić information content (AvgIpc) is 3.08. The maximum absolute atomic E-state index is 12.3. The van der Waals surface area contributed by atoms with E-state index in [4.69, 9.17) is 0 Å². The molecule has 2 rings (SSSR count). The quantitative estimate of drug-likeness (QED) is 0.589. The summed E-state index contributed by atoms with van der Waals surface area (Å²) in [6.45, 7) is 5.02. The number of hydrogen-bond acceptors (Lipinski definition) is 7. The van der Waals surface area contributed by atoms with E-state index in [1.807, 2.05) is 6.92 Å². The SMILES string of the molecule is CCCNCc1c(S(=O)(=O)NCc2ncon2)n[nH]c1C. The van der Waals surface area contributed by atoms with E-state index in [2.05, 4.69) is 34.9 Å². The zero-order valence-electron chi connectivity index (χ0n) is 11.9. The van der Waals surface area contributed by atoms with Crippen LogP contribution in [0.3, 0.4) is 0 Å². The van der Waals surface area contributed by atoms with Crippen molar-refractivity contribution in [3.05, 3.63) is 23.5 Å². The molecule has 0 aromatic carbocycles. The fourth-order valence-corrected chi connectivity index (χ4v) is 2.92. The van der Waals surface area contributed by atoms with Crippen LogP contribution in [0.25, 0.3) is 0 Å². The van der Waals surface area contributed by atoms with Crippen molar-refractivity contribution in [2.24, 2.45) is 0 Å². The number of nitrogens with zero attached hydrogens (tertiary/aromatic N) is 3. The molecule has 2 aromatic heterocycles. The second-order valence-corrected chi connectivity index (χ2v) is 6.16. The van der Waals surface area contributed by atoms with Crippen LogP contribution in [0.5, 0.6) is 0 Å². The average molecular weight is 314 g/mol. The Hall–Kier alpha value is -1.78. The van der Waals surface area contributed by atoms with Crippen molar-refractivity contribution in [2.75, 3.05) is 6.54 Å². The molecular formula is C11H18N6O3S. The second kappa shape index (κ2) is 6.78. The molecule has 0 aliphatic carbocycles. The lowest BCUT2D eigenvalue weighted by Crippen LogP contribution is -2.26. The van der Waals surface area contributed by atoms with Crippen molar-refractivity contribution in [1.82, 2.24) is 30.4 Å². The van der Waals surface area contributed by atoms with Gasteiger partial charge in [0, 0.05) is 17.8 Å². The predicted molar refractivity (Wildman–Crippen MR) is 73.6 cm³/mol. The molecule has 0 spiro atoms. The summed E-state index contributed by atoms with van der Waals surface area (Å²) in [6, 6.07) is 0. The Bertz CT molecular complexity index is 664. The molecule has 0 aliphatic rings. The number of sulfonamides is 1. The molecule has 0 amide bonds. The molecule has 0 bridgehead atoms. The van der Waals surface area contributed by atoms with Gasteiger partial charge in [-0.1, -0.05) is 12.1 Å². The summed E-state index contributed by atoms with van der Waals surface area (Å²) >= 11 is 0. The first-order chi connectivity index (χ1) is 10.0. The topological polar surface area (TPSA) is 126 Å². The van der Waals surface area contributed by atoms with Gasteiger partial charge in [0.1, 0.15) is 0 Å². The number of aromatic nitrogens is 4. The summed E-state index contributed by atoms with van der Waals surface area (Å²) in [6.07, 6.45) is 2.11. The van der Waals surface area contributed by atoms with E-state index in [9.17, 15) is 8.42 Å². The van der Waals surface area contributed by atoms with Crippen LogP contribution in [0, 0.1) is 6.92 Å². The van der Waals surface area contributed by atoms with Gasteiger partial charge in [0.25, 0.3) is 10.0 Å². The highest BCUT2D eigenvalue weighted by atomic mass is 32.2. The third-order valence-corrected chi connectivity index (χ3v) is 4.22. The van der Waals surface area contributed by atoms with E-state index in [1.54, 1.807) is 6.92 Å². The van der Waals surface area contributed by atoms with Crippen molar-refractivity contribution >= 4 is 10.0 Å². The van der Waals surface area contributed by atoms with Gasteiger partial charge in [-0.2, -0.15) is 10.1 Å². The third kappa shape index (κ3) is 3.86. The number of H-pyrrole nitrogens is 1. The summed E-state index contributed by atoms with van der Waals surface area (Å²) in [5.74, 6) is 0.261. The van der Waals surface area contributed by atoms with E-state index in [0.717, 1.165) is 25.1 Å². The number of hydrogen-bond donors (Lipinski definition) is 3. The molecule has 21 heavy (non-hydrogen) atoms. The number of aryl methyl sites for hydroxylation is 1. The summed E-state index contributed by atoms with van der Waals surface area (Å²) in [5.41, 5.74) is 1.35. The molecule has 3 N–H and O–H groups in total. The van der Waals surface area contributed by atoms with Gasteiger partial charge in [0.2, 0.25) is 6.39 Å². The molecule has 0 saturated heterocycles. The smallest absolute Gasteiger partial charge is 0.260 e. The normalized spacial score (nSPS) is 11.9. The Morgan fingerprint density at radius 3 is 2.86 bits per heavy atom. The molecule has 0 fully saturated rings. The van der Waals surface area contributed by atoms with Crippen molar-refractivity contribution in [3.63, 3.8) is 0 Å². The van der Waals surface area contributed by atoms with Gasteiger partial charge < -0.3 is 9.84 Å². The second-order valence-electron chi connectivity index (χ2n) is 4.48. The van der Waals surface area contributed by atoms with Crippen molar-refractivity contribution in [2.45, 2.75) is 38.4 Å². The molecule has 10 heteroatoms. The molecule has 9 nitrogen and oxygen atoms in total. The van der Waals surface area contributed by atoms with E-state index in [0.29, 0.717) is 12.1 Å². The lowest BCUT2D eigenvalue weighted by molar-refractivity contribution is 0.409. The standard InChI is InChI=1S/C11H18N6O3S/c1-3-4-12-5-9-8(2)15-16-11(9)21(18,19)14-6-10-13-7-20-17-10/h7,12,14H,3-6H2,1-2H3,(H,15,16). The van der Waals surface area contributed by atoms with Crippen LogP contribution >= 0.6 is 0 Å². The minimum absolute atomic E-state index is 0.00732. The van der Waals surface area contributed by atoms with Gasteiger partial charge in [0.05, 0.1) is 6.54 Å². The van der Waals surface area contributed by atoms with Crippen molar-refractivity contribution in [3.8, 4) is 0 Å². The zero-order valence-corrected chi connectivity index (χ0v) is 12.7. The van der Waals surface area contributed by atoms with Crippen LogP contribution in [0.2, 0.25) is 0 Å². The van der Waals surface area contributed by atoms with Gasteiger partial charge in [-0.15, -0.1) is 0 Å². The first-order valence-corrected chi connectivity index (χ1v) is 8.02. The van der Waals surface area contributed by atoms with Crippen LogP contribution in [0.4, 0.5) is 0 Å². The van der Waals surface area contributed by atoms with E-state index >= 15 is 0 Å². The number of rotatable bonds is 8. The Morgan fingerprint density at radius 1 is 1.38 bits per heavy atom. The number of aromatic amines is 1. The van der Waals surface area contributed by atoms with Gasteiger partial charge in [-0.3, -0.25) is 5.10 Å². The van der Waals surface area contributed by atoms with E-state index in [1.165, 1.54) is 0 Å². The monoisotopic (exact) mass is 314 g/mol. The van der Waals surface area contributed by atoms with Gasteiger partial charge in [0.15, 0.2) is 10.9 Å². The zero-order chi connectivity index (χ0) is 15.3. The minimum atomic E-state index is -3.74. The fraction of sp³-hybridized carbons (Fsp3) is 0.545. The number of nitrogens with one attached hydrogen (secondary N) is 3. The molecule has 0 unspecified atom stereocenters. The molecule has 0 atom stereocenters. The third-order valence-electron chi connectivity index (χ3n) is 2.85. The van der Waals surface area contributed by atoms with Gasteiger partial charge in [-0.25, -0.2) is 13.1 Å². The van der Waals surface area contributed by atoms with Crippen LogP contribution in [0.1, 0.15) is 30.4 Å². The molecule has 116 valence electrons. The Kier molecular flexibility index (Phi) is 5.04. The first-order valence-electron chi connectivity index (χ1n) is 6.54. The lowest BCUT2D eigenvalue weighted by atomic mass is 10.2. The van der Waals surface area contributed by atoms with Crippen LogP contribution in [-0.4, -0.2) is 35.3 Å². The van der Waals surface area contributed by atoms with Crippen LogP contribution < -0.4 is 10.0 Å². The molecule has 2 heterocycles. The highest BCUT2D eigenvalue weighted by Gasteiger charge is 2.23. The van der Waals surface area contributed by atoms with Gasteiger partial charge in [-0.05, 0) is 19.9 Å². The Morgan fingerprint density at radius 2 is 2.19 bits per heavy atom. The maximum atomic E-state index is 12.3. The van der Waals surface area contributed by atoms with Crippen LogP contribution in [-0.2, 0) is 23.1 Å². The lowest BCUT2D eigenvalue weighted by Gasteiger charge is -2.06. The fourth-order valence-electron chi connectivity index (χ4n) is 1.75. The molecule has 0 radical (unpaired) electrons. The van der Waals surface area contributed by atoms with Crippen molar-refractivity contribution in [1.29, 1.82) is 0 Å². The highest BCUT2D eigenvalue weighted by Crippen LogP contribution is 2.16. The molecule has 0 aliphatic heterocycles. The largest absolute Gasteiger partial charge is 0.343 e. The summed E-state index contributed by atoms with van der Waals surface area (Å²) in [5, 5.41) is 13.3. The highest BCUT2D eigenvalue weighted by molar-refractivity contribution is 7.89. The minimum Gasteiger partial charge on any atom is -0.343 e.